The number of benzene rings is 1. The molecule has 132 valence electrons. The van der Waals surface area contributed by atoms with E-state index in [-0.39, 0.29) is 5.78 Å². The standard InChI is InChI=1S/C20H17NO3S2/c1-26(23,24)16-5-2-13(3-6-16)19-17-12-15(22)4-7-18(17)25-20(19)14-8-10-21-11-9-14/h2-3,5-6,8-11H,4,7,12H2,1H3. The van der Waals surface area contributed by atoms with Gasteiger partial charge in [-0.1, -0.05) is 12.1 Å². The van der Waals surface area contributed by atoms with Crippen LogP contribution in [0, 0.1) is 0 Å². The molecule has 2 heterocycles. The van der Waals surface area contributed by atoms with Crippen molar-refractivity contribution in [1.29, 1.82) is 0 Å². The van der Waals surface area contributed by atoms with Gasteiger partial charge < -0.3 is 0 Å². The number of thiophene rings is 1. The van der Waals surface area contributed by atoms with Gasteiger partial charge in [-0.25, -0.2) is 8.42 Å². The van der Waals surface area contributed by atoms with Crippen LogP contribution in [0.2, 0.25) is 0 Å². The number of hydrogen-bond acceptors (Lipinski definition) is 5. The minimum absolute atomic E-state index is 0.255. The summed E-state index contributed by atoms with van der Waals surface area (Å²) in [7, 11) is -3.24. The lowest BCUT2D eigenvalue weighted by atomic mass is 9.90. The number of carbonyl (C=O) groups excluding carboxylic acids is 1. The summed E-state index contributed by atoms with van der Waals surface area (Å²) in [5, 5.41) is 0. The van der Waals surface area contributed by atoms with Crippen LogP contribution >= 0.6 is 11.3 Å². The van der Waals surface area contributed by atoms with Gasteiger partial charge in [0, 0.05) is 46.8 Å². The number of aromatic nitrogens is 1. The molecule has 0 aliphatic heterocycles. The van der Waals surface area contributed by atoms with E-state index in [2.05, 4.69) is 4.98 Å². The molecule has 1 aromatic carbocycles. The van der Waals surface area contributed by atoms with Gasteiger partial charge in [0.05, 0.1) is 4.90 Å². The zero-order valence-corrected chi connectivity index (χ0v) is 15.9. The summed E-state index contributed by atoms with van der Waals surface area (Å²) in [5.74, 6) is 0.255. The average Bonchev–Trinajstić information content (AvgIpc) is 3.00. The van der Waals surface area contributed by atoms with Gasteiger partial charge in [0.1, 0.15) is 5.78 Å². The van der Waals surface area contributed by atoms with E-state index in [4.69, 9.17) is 0 Å². The summed E-state index contributed by atoms with van der Waals surface area (Å²) >= 11 is 1.72. The lowest BCUT2D eigenvalue weighted by molar-refractivity contribution is -0.118. The Balaban J connectivity index is 1.91. The minimum Gasteiger partial charge on any atom is -0.299 e. The number of sulfone groups is 1. The Morgan fingerprint density at radius 2 is 1.65 bits per heavy atom. The summed E-state index contributed by atoms with van der Waals surface area (Å²) in [6.45, 7) is 0. The molecule has 4 rings (SSSR count). The van der Waals surface area contributed by atoms with Crippen LogP contribution in [0.1, 0.15) is 16.9 Å². The van der Waals surface area contributed by atoms with Crippen molar-refractivity contribution in [3.63, 3.8) is 0 Å². The van der Waals surface area contributed by atoms with Crippen molar-refractivity contribution in [2.24, 2.45) is 0 Å². The lowest BCUT2D eigenvalue weighted by Gasteiger charge is -2.13. The highest BCUT2D eigenvalue weighted by molar-refractivity contribution is 7.90. The van der Waals surface area contributed by atoms with Crippen LogP contribution in [0.25, 0.3) is 21.6 Å². The van der Waals surface area contributed by atoms with Crippen LogP contribution in [0.4, 0.5) is 0 Å². The molecule has 0 radical (unpaired) electrons. The van der Waals surface area contributed by atoms with Gasteiger partial charge >= 0.3 is 0 Å². The van der Waals surface area contributed by atoms with Crippen molar-refractivity contribution in [2.45, 2.75) is 24.2 Å². The maximum Gasteiger partial charge on any atom is 0.175 e. The molecular formula is C20H17NO3S2. The molecule has 0 bridgehead atoms. The van der Waals surface area contributed by atoms with E-state index in [0.717, 1.165) is 33.6 Å². The second-order valence-corrected chi connectivity index (χ2v) is 9.58. The number of carbonyl (C=O) groups is 1. The number of rotatable bonds is 3. The quantitative estimate of drug-likeness (QED) is 0.687. The summed E-state index contributed by atoms with van der Waals surface area (Å²) < 4.78 is 23.5. The number of nitrogens with zero attached hydrogens (tertiary/aromatic N) is 1. The van der Waals surface area contributed by atoms with Crippen LogP contribution < -0.4 is 0 Å². The second-order valence-electron chi connectivity index (χ2n) is 6.46. The normalized spacial score (nSPS) is 14.3. The van der Waals surface area contributed by atoms with Crippen molar-refractivity contribution < 1.29 is 13.2 Å². The Bertz CT molecular complexity index is 1080. The van der Waals surface area contributed by atoms with E-state index >= 15 is 0 Å². The Labute approximate surface area is 156 Å². The SMILES string of the molecule is CS(=O)(=O)c1ccc(-c2c(-c3ccncc3)sc3c2CC(=O)CC3)cc1. The molecule has 0 fully saturated rings. The molecule has 2 aromatic heterocycles. The zero-order chi connectivity index (χ0) is 18.3. The van der Waals surface area contributed by atoms with E-state index in [1.807, 2.05) is 24.3 Å². The largest absolute Gasteiger partial charge is 0.299 e. The van der Waals surface area contributed by atoms with Gasteiger partial charge in [0.15, 0.2) is 9.84 Å². The number of Topliss-reactive ketones (excluding diaryl/α,β-unsaturated/α-hetero) is 1. The Hall–Kier alpha value is -2.31. The highest BCUT2D eigenvalue weighted by Crippen LogP contribution is 2.45. The molecule has 0 amide bonds. The number of fused-ring (bicyclic) bond motifs is 1. The fourth-order valence-corrected chi connectivity index (χ4v) is 5.30. The number of pyridine rings is 1. The molecule has 0 N–H and O–H groups in total. The minimum atomic E-state index is -3.24. The van der Waals surface area contributed by atoms with Gasteiger partial charge in [0.25, 0.3) is 0 Å². The topological polar surface area (TPSA) is 64.1 Å². The van der Waals surface area contributed by atoms with Gasteiger partial charge in [-0.15, -0.1) is 11.3 Å². The summed E-state index contributed by atoms with van der Waals surface area (Å²) in [4.78, 5) is 18.8. The summed E-state index contributed by atoms with van der Waals surface area (Å²) in [6, 6.07) is 10.9. The average molecular weight is 383 g/mol. The smallest absolute Gasteiger partial charge is 0.175 e. The third kappa shape index (κ3) is 3.10. The molecule has 0 atom stereocenters. The third-order valence-corrected chi connectivity index (χ3v) is 7.08. The first-order valence-corrected chi connectivity index (χ1v) is 11.0. The highest BCUT2D eigenvalue weighted by Gasteiger charge is 2.26. The maximum atomic E-state index is 12.1. The molecule has 1 aliphatic carbocycles. The van der Waals surface area contributed by atoms with Crippen molar-refractivity contribution >= 4 is 27.0 Å². The lowest BCUT2D eigenvalue weighted by Crippen LogP contribution is -2.11. The van der Waals surface area contributed by atoms with E-state index in [1.54, 1.807) is 35.9 Å². The van der Waals surface area contributed by atoms with Crippen LogP contribution in [-0.4, -0.2) is 25.4 Å². The van der Waals surface area contributed by atoms with E-state index in [1.165, 1.54) is 11.1 Å². The first-order valence-electron chi connectivity index (χ1n) is 8.30. The van der Waals surface area contributed by atoms with Crippen LogP contribution in [0.15, 0.2) is 53.7 Å². The van der Waals surface area contributed by atoms with E-state index in [9.17, 15) is 13.2 Å². The third-order valence-electron chi connectivity index (χ3n) is 4.61. The fraction of sp³-hybridized carbons (Fsp3) is 0.200. The van der Waals surface area contributed by atoms with Gasteiger partial charge in [-0.3, -0.25) is 9.78 Å². The number of aryl methyl sites for hydroxylation is 1. The van der Waals surface area contributed by atoms with Crippen molar-refractivity contribution in [3.8, 4) is 21.6 Å². The van der Waals surface area contributed by atoms with Crippen LogP contribution in [0.5, 0.6) is 0 Å². The van der Waals surface area contributed by atoms with Crippen LogP contribution in [-0.2, 0) is 27.5 Å². The maximum absolute atomic E-state index is 12.1. The molecule has 3 aromatic rings. The van der Waals surface area contributed by atoms with Gasteiger partial charge in [-0.2, -0.15) is 0 Å². The molecule has 0 unspecified atom stereocenters. The van der Waals surface area contributed by atoms with Crippen molar-refractivity contribution in [3.05, 3.63) is 59.2 Å². The number of hydrogen-bond donors (Lipinski definition) is 0. The molecular weight excluding hydrogens is 366 g/mol. The fourth-order valence-electron chi connectivity index (χ4n) is 3.32. The van der Waals surface area contributed by atoms with Gasteiger partial charge in [-0.05, 0) is 47.4 Å². The molecule has 0 saturated heterocycles. The van der Waals surface area contributed by atoms with Crippen LogP contribution in [0.3, 0.4) is 0 Å². The van der Waals surface area contributed by atoms with Crippen molar-refractivity contribution in [2.75, 3.05) is 6.26 Å². The van der Waals surface area contributed by atoms with E-state index in [0.29, 0.717) is 17.7 Å². The van der Waals surface area contributed by atoms with Crippen molar-refractivity contribution in [1.82, 2.24) is 4.98 Å². The Morgan fingerprint density at radius 3 is 2.31 bits per heavy atom. The first-order chi connectivity index (χ1) is 12.4. The Morgan fingerprint density at radius 1 is 0.962 bits per heavy atom. The molecule has 26 heavy (non-hydrogen) atoms. The zero-order valence-electron chi connectivity index (χ0n) is 14.2. The van der Waals surface area contributed by atoms with E-state index < -0.39 is 9.84 Å². The predicted octanol–water partition coefficient (Wildman–Crippen LogP) is 3.94. The van der Waals surface area contributed by atoms with Gasteiger partial charge in [0.2, 0.25) is 0 Å². The molecule has 6 heteroatoms. The molecule has 1 aliphatic rings. The number of ketones is 1. The Kier molecular flexibility index (Phi) is 4.25. The monoisotopic (exact) mass is 383 g/mol. The molecule has 0 spiro atoms. The molecule has 4 nitrogen and oxygen atoms in total. The molecule has 0 saturated carbocycles. The highest BCUT2D eigenvalue weighted by atomic mass is 32.2. The first kappa shape index (κ1) is 17.1. The summed E-state index contributed by atoms with van der Waals surface area (Å²) in [5.41, 5.74) is 4.14. The second kappa shape index (κ2) is 6.45. The summed E-state index contributed by atoms with van der Waals surface area (Å²) in [6.07, 6.45) is 6.54. The predicted molar refractivity (Wildman–Crippen MR) is 103 cm³/mol.